The number of nitrogens with zero attached hydrogens (tertiary/aromatic N) is 3. The van der Waals surface area contributed by atoms with E-state index in [1.807, 2.05) is 19.1 Å². The molecular formula is C17H19FN4O3. The van der Waals surface area contributed by atoms with Crippen molar-refractivity contribution in [2.24, 2.45) is 0 Å². The number of hydrogen-bond acceptors (Lipinski definition) is 6. The lowest BCUT2D eigenvalue weighted by Crippen LogP contribution is -2.41. The first-order valence-corrected chi connectivity index (χ1v) is 8.02. The molecule has 2 heterocycles. The van der Waals surface area contributed by atoms with Gasteiger partial charge in [-0.2, -0.15) is 0 Å². The summed E-state index contributed by atoms with van der Waals surface area (Å²) in [5.41, 5.74) is 0.841. The summed E-state index contributed by atoms with van der Waals surface area (Å²) < 4.78 is 19.4. The van der Waals surface area contributed by atoms with Crippen molar-refractivity contribution in [3.63, 3.8) is 0 Å². The SMILES string of the molecule is CC1CN(c2ccc(CNc3ccc([N+](=O)[O-])cc3F)cn2)CCO1. The minimum Gasteiger partial charge on any atom is -0.379 e. The van der Waals surface area contributed by atoms with Crippen LogP contribution in [0.1, 0.15) is 12.5 Å². The third-order valence-corrected chi connectivity index (χ3v) is 4.02. The van der Waals surface area contributed by atoms with Gasteiger partial charge in [0.25, 0.3) is 5.69 Å². The summed E-state index contributed by atoms with van der Waals surface area (Å²) in [6.45, 7) is 4.71. The Morgan fingerprint density at radius 2 is 2.28 bits per heavy atom. The second-order valence-electron chi connectivity index (χ2n) is 5.93. The van der Waals surface area contributed by atoms with Gasteiger partial charge in [0.2, 0.25) is 0 Å². The first kappa shape index (κ1) is 17.1. The number of aromatic nitrogens is 1. The van der Waals surface area contributed by atoms with E-state index in [4.69, 9.17) is 4.74 Å². The summed E-state index contributed by atoms with van der Waals surface area (Å²) in [4.78, 5) is 16.6. The van der Waals surface area contributed by atoms with Gasteiger partial charge in [-0.1, -0.05) is 6.07 Å². The van der Waals surface area contributed by atoms with E-state index < -0.39 is 10.7 Å². The van der Waals surface area contributed by atoms with Crippen molar-refractivity contribution in [1.82, 2.24) is 4.98 Å². The topological polar surface area (TPSA) is 80.5 Å². The molecule has 3 rings (SSSR count). The standard InChI is InChI=1S/C17H19FN4O3/c1-12-11-21(6-7-25-12)17-5-2-13(10-20-17)9-19-16-4-3-14(22(23)24)8-15(16)18/h2-5,8,10,12,19H,6-7,9,11H2,1H3. The Kier molecular flexibility index (Phi) is 5.08. The summed E-state index contributed by atoms with van der Waals surface area (Å²) in [5, 5.41) is 13.6. The van der Waals surface area contributed by atoms with Crippen molar-refractivity contribution < 1.29 is 14.1 Å². The number of hydrogen-bond donors (Lipinski definition) is 1. The minimum absolute atomic E-state index is 0.182. The van der Waals surface area contributed by atoms with E-state index in [1.54, 1.807) is 6.20 Å². The number of halogens is 1. The number of morpholine rings is 1. The molecule has 0 radical (unpaired) electrons. The molecule has 1 unspecified atom stereocenters. The van der Waals surface area contributed by atoms with Gasteiger partial charge in [-0.05, 0) is 24.6 Å². The molecule has 0 spiro atoms. The molecule has 1 N–H and O–H groups in total. The molecule has 8 heteroatoms. The van der Waals surface area contributed by atoms with Crippen LogP contribution in [0.4, 0.5) is 21.6 Å². The van der Waals surface area contributed by atoms with E-state index in [-0.39, 0.29) is 17.5 Å². The van der Waals surface area contributed by atoms with Crippen molar-refractivity contribution >= 4 is 17.2 Å². The average Bonchev–Trinajstić information content (AvgIpc) is 2.61. The van der Waals surface area contributed by atoms with Crippen LogP contribution in [0.15, 0.2) is 36.5 Å². The number of ether oxygens (including phenoxy) is 1. The number of nitro groups is 1. The van der Waals surface area contributed by atoms with E-state index in [0.717, 1.165) is 30.5 Å². The molecule has 1 aromatic carbocycles. The molecule has 1 aliphatic rings. The summed E-state index contributed by atoms with van der Waals surface area (Å²) in [6, 6.07) is 7.40. The smallest absolute Gasteiger partial charge is 0.272 e. The number of benzene rings is 1. The highest BCUT2D eigenvalue weighted by Gasteiger charge is 2.17. The molecule has 1 aliphatic heterocycles. The van der Waals surface area contributed by atoms with Crippen molar-refractivity contribution in [2.45, 2.75) is 19.6 Å². The Morgan fingerprint density at radius 3 is 2.92 bits per heavy atom. The zero-order valence-electron chi connectivity index (χ0n) is 13.8. The maximum atomic E-state index is 13.9. The van der Waals surface area contributed by atoms with Gasteiger partial charge < -0.3 is 15.0 Å². The number of pyridine rings is 1. The Bertz CT molecular complexity index is 754. The lowest BCUT2D eigenvalue weighted by Gasteiger charge is -2.32. The van der Waals surface area contributed by atoms with Gasteiger partial charge in [-0.3, -0.25) is 10.1 Å². The summed E-state index contributed by atoms with van der Waals surface area (Å²) in [7, 11) is 0. The second kappa shape index (κ2) is 7.43. The number of nitrogens with one attached hydrogen (secondary N) is 1. The van der Waals surface area contributed by atoms with Crippen LogP contribution in [-0.2, 0) is 11.3 Å². The van der Waals surface area contributed by atoms with E-state index in [0.29, 0.717) is 13.2 Å². The van der Waals surface area contributed by atoms with Crippen LogP contribution in [0.5, 0.6) is 0 Å². The maximum absolute atomic E-state index is 13.9. The molecule has 1 fully saturated rings. The van der Waals surface area contributed by atoms with Gasteiger partial charge in [0, 0.05) is 31.9 Å². The molecule has 0 amide bonds. The lowest BCUT2D eigenvalue weighted by atomic mass is 10.2. The normalized spacial score (nSPS) is 17.4. The Morgan fingerprint density at radius 1 is 1.44 bits per heavy atom. The van der Waals surface area contributed by atoms with Crippen LogP contribution in [0.25, 0.3) is 0 Å². The Hall–Kier alpha value is -2.74. The van der Waals surface area contributed by atoms with Gasteiger partial charge in [0.05, 0.1) is 29.4 Å². The molecule has 1 aromatic heterocycles. The van der Waals surface area contributed by atoms with Crippen LogP contribution in [0.2, 0.25) is 0 Å². The predicted octanol–water partition coefficient (Wildman–Crippen LogP) is 2.97. The monoisotopic (exact) mass is 346 g/mol. The Balaban J connectivity index is 1.61. The first-order valence-electron chi connectivity index (χ1n) is 8.02. The van der Waals surface area contributed by atoms with E-state index in [9.17, 15) is 14.5 Å². The van der Waals surface area contributed by atoms with Crippen LogP contribution in [-0.4, -0.2) is 35.7 Å². The molecule has 0 aliphatic carbocycles. The maximum Gasteiger partial charge on any atom is 0.272 e. The summed E-state index contributed by atoms with van der Waals surface area (Å²) in [5.74, 6) is 0.238. The largest absolute Gasteiger partial charge is 0.379 e. The predicted molar refractivity (Wildman–Crippen MR) is 92.2 cm³/mol. The zero-order valence-corrected chi connectivity index (χ0v) is 13.8. The average molecular weight is 346 g/mol. The van der Waals surface area contributed by atoms with E-state index in [2.05, 4.69) is 15.2 Å². The fourth-order valence-electron chi connectivity index (χ4n) is 2.69. The fraction of sp³-hybridized carbons (Fsp3) is 0.353. The first-order chi connectivity index (χ1) is 12.0. The number of rotatable bonds is 5. The van der Waals surface area contributed by atoms with Crippen LogP contribution in [0.3, 0.4) is 0 Å². The lowest BCUT2D eigenvalue weighted by molar-refractivity contribution is -0.385. The fourth-order valence-corrected chi connectivity index (χ4v) is 2.69. The Labute approximate surface area is 144 Å². The van der Waals surface area contributed by atoms with Crippen LogP contribution < -0.4 is 10.2 Å². The summed E-state index contributed by atoms with van der Waals surface area (Å²) in [6.07, 6.45) is 1.92. The zero-order chi connectivity index (χ0) is 17.8. The van der Waals surface area contributed by atoms with Crippen molar-refractivity contribution in [2.75, 3.05) is 29.9 Å². The number of nitro benzene ring substituents is 1. The van der Waals surface area contributed by atoms with Gasteiger partial charge in [0.1, 0.15) is 5.82 Å². The van der Waals surface area contributed by atoms with Crippen molar-refractivity contribution in [3.05, 3.63) is 58.0 Å². The third-order valence-electron chi connectivity index (χ3n) is 4.02. The highest BCUT2D eigenvalue weighted by molar-refractivity contribution is 5.50. The van der Waals surface area contributed by atoms with Crippen molar-refractivity contribution in [1.29, 1.82) is 0 Å². The molecule has 1 atom stereocenters. The van der Waals surface area contributed by atoms with Gasteiger partial charge in [-0.25, -0.2) is 9.37 Å². The molecule has 25 heavy (non-hydrogen) atoms. The number of anilines is 2. The molecule has 0 bridgehead atoms. The second-order valence-corrected chi connectivity index (χ2v) is 5.93. The molecule has 132 valence electrons. The van der Waals surface area contributed by atoms with Gasteiger partial charge >= 0.3 is 0 Å². The van der Waals surface area contributed by atoms with Gasteiger partial charge in [0.15, 0.2) is 5.82 Å². The highest BCUT2D eigenvalue weighted by atomic mass is 19.1. The van der Waals surface area contributed by atoms with Gasteiger partial charge in [-0.15, -0.1) is 0 Å². The molecule has 0 saturated carbocycles. The van der Waals surface area contributed by atoms with Crippen LogP contribution >= 0.6 is 0 Å². The third kappa shape index (κ3) is 4.21. The molecule has 1 saturated heterocycles. The highest BCUT2D eigenvalue weighted by Crippen LogP contribution is 2.21. The summed E-state index contributed by atoms with van der Waals surface area (Å²) >= 11 is 0. The minimum atomic E-state index is -0.652. The molecule has 7 nitrogen and oxygen atoms in total. The van der Waals surface area contributed by atoms with E-state index >= 15 is 0 Å². The molecule has 2 aromatic rings. The number of non-ortho nitro benzene ring substituents is 1. The molecular weight excluding hydrogens is 327 g/mol. The quantitative estimate of drug-likeness (QED) is 0.662. The van der Waals surface area contributed by atoms with E-state index in [1.165, 1.54) is 12.1 Å². The van der Waals surface area contributed by atoms with Crippen LogP contribution in [0, 0.1) is 15.9 Å². The van der Waals surface area contributed by atoms with Crippen molar-refractivity contribution in [3.8, 4) is 0 Å².